The monoisotopic (exact) mass is 239 g/mol. The minimum Gasteiger partial charge on any atom is -0.507 e. The second-order valence-corrected chi connectivity index (χ2v) is 4.13. The molecule has 0 aliphatic rings. The van der Waals surface area contributed by atoms with Crippen LogP contribution in [0.1, 0.15) is 0 Å². The van der Waals surface area contributed by atoms with Gasteiger partial charge in [0.15, 0.2) is 0 Å². The molecule has 0 amide bonds. The van der Waals surface area contributed by atoms with E-state index in [4.69, 9.17) is 4.74 Å². The van der Waals surface area contributed by atoms with Crippen molar-refractivity contribution in [3.05, 3.63) is 48.7 Å². The van der Waals surface area contributed by atoms with Crippen molar-refractivity contribution in [3.8, 4) is 22.6 Å². The van der Waals surface area contributed by atoms with Crippen molar-refractivity contribution < 1.29 is 9.84 Å². The lowest BCUT2D eigenvalue weighted by Gasteiger charge is -2.08. The molecule has 0 saturated carbocycles. The summed E-state index contributed by atoms with van der Waals surface area (Å²) in [4.78, 5) is 3.14. The Bertz CT molecular complexity index is 701. The van der Waals surface area contributed by atoms with Gasteiger partial charge in [0.1, 0.15) is 11.5 Å². The number of benzene rings is 2. The van der Waals surface area contributed by atoms with Crippen molar-refractivity contribution in [1.82, 2.24) is 4.98 Å². The largest absolute Gasteiger partial charge is 0.507 e. The molecule has 2 N–H and O–H groups in total. The van der Waals surface area contributed by atoms with Crippen LogP contribution in [-0.2, 0) is 0 Å². The average Bonchev–Trinajstić information content (AvgIpc) is 2.87. The van der Waals surface area contributed by atoms with Gasteiger partial charge in [-0.3, -0.25) is 0 Å². The predicted molar refractivity (Wildman–Crippen MR) is 72.0 cm³/mol. The molecule has 0 atom stereocenters. The SMILES string of the molecule is COc1cccc(-c2c(O)ccc3[nH]ccc23)c1. The van der Waals surface area contributed by atoms with E-state index < -0.39 is 0 Å². The molecule has 3 aromatic rings. The second kappa shape index (κ2) is 4.11. The van der Waals surface area contributed by atoms with Crippen molar-refractivity contribution in [1.29, 1.82) is 0 Å². The van der Waals surface area contributed by atoms with Gasteiger partial charge in [-0.2, -0.15) is 0 Å². The van der Waals surface area contributed by atoms with Crippen molar-refractivity contribution in [2.45, 2.75) is 0 Å². The topological polar surface area (TPSA) is 45.2 Å². The average molecular weight is 239 g/mol. The number of phenolic OH excluding ortho intramolecular Hbond substituents is 1. The Morgan fingerprint density at radius 2 is 2.00 bits per heavy atom. The second-order valence-electron chi connectivity index (χ2n) is 4.13. The van der Waals surface area contributed by atoms with Gasteiger partial charge in [-0.15, -0.1) is 0 Å². The summed E-state index contributed by atoms with van der Waals surface area (Å²) in [6.45, 7) is 0. The molecule has 0 bridgehead atoms. The smallest absolute Gasteiger partial charge is 0.124 e. The minimum absolute atomic E-state index is 0.273. The maximum Gasteiger partial charge on any atom is 0.124 e. The van der Waals surface area contributed by atoms with Crippen LogP contribution in [0.5, 0.6) is 11.5 Å². The van der Waals surface area contributed by atoms with E-state index in [2.05, 4.69) is 4.98 Å². The first-order valence-electron chi connectivity index (χ1n) is 5.73. The Kier molecular flexibility index (Phi) is 2.45. The van der Waals surface area contributed by atoms with E-state index in [1.165, 1.54) is 0 Å². The maximum atomic E-state index is 10.1. The number of hydrogen-bond donors (Lipinski definition) is 2. The van der Waals surface area contributed by atoms with Gasteiger partial charge in [0.05, 0.1) is 7.11 Å². The van der Waals surface area contributed by atoms with Crippen molar-refractivity contribution in [2.75, 3.05) is 7.11 Å². The van der Waals surface area contributed by atoms with Crippen LogP contribution in [0.2, 0.25) is 0 Å². The zero-order valence-electron chi connectivity index (χ0n) is 9.97. The lowest BCUT2D eigenvalue weighted by atomic mass is 10.0. The number of aromatic hydroxyl groups is 1. The molecule has 1 aromatic heterocycles. The molecule has 90 valence electrons. The lowest BCUT2D eigenvalue weighted by molar-refractivity contribution is 0.415. The highest BCUT2D eigenvalue weighted by Gasteiger charge is 2.10. The first kappa shape index (κ1) is 10.7. The van der Waals surface area contributed by atoms with Crippen LogP contribution < -0.4 is 4.74 Å². The summed E-state index contributed by atoms with van der Waals surface area (Å²) < 4.78 is 5.22. The molecular formula is C15H13NO2. The highest BCUT2D eigenvalue weighted by atomic mass is 16.5. The molecule has 0 unspecified atom stereocenters. The summed E-state index contributed by atoms with van der Waals surface area (Å²) in [7, 11) is 1.63. The number of methoxy groups -OCH3 is 1. The number of aromatic nitrogens is 1. The zero-order chi connectivity index (χ0) is 12.5. The van der Waals surface area contributed by atoms with E-state index >= 15 is 0 Å². The molecular weight excluding hydrogens is 226 g/mol. The van der Waals surface area contributed by atoms with Crippen LogP contribution in [0.15, 0.2) is 48.7 Å². The quantitative estimate of drug-likeness (QED) is 0.718. The number of ether oxygens (including phenoxy) is 1. The van der Waals surface area contributed by atoms with Crippen LogP contribution >= 0.6 is 0 Å². The molecule has 18 heavy (non-hydrogen) atoms. The highest BCUT2D eigenvalue weighted by molar-refractivity contribution is 5.98. The highest BCUT2D eigenvalue weighted by Crippen LogP contribution is 2.37. The van der Waals surface area contributed by atoms with Crippen LogP contribution in [0.4, 0.5) is 0 Å². The van der Waals surface area contributed by atoms with Crippen LogP contribution in [0.25, 0.3) is 22.0 Å². The van der Waals surface area contributed by atoms with E-state index in [0.29, 0.717) is 0 Å². The Morgan fingerprint density at radius 3 is 2.83 bits per heavy atom. The number of fused-ring (bicyclic) bond motifs is 1. The fourth-order valence-corrected chi connectivity index (χ4v) is 2.20. The molecule has 2 aromatic carbocycles. The van der Waals surface area contributed by atoms with Gasteiger partial charge in [0.2, 0.25) is 0 Å². The van der Waals surface area contributed by atoms with Gasteiger partial charge >= 0.3 is 0 Å². The summed E-state index contributed by atoms with van der Waals surface area (Å²) in [6, 6.07) is 13.2. The van der Waals surface area contributed by atoms with E-state index in [1.807, 2.05) is 42.6 Å². The van der Waals surface area contributed by atoms with E-state index in [-0.39, 0.29) is 5.75 Å². The van der Waals surface area contributed by atoms with Gasteiger partial charge in [-0.1, -0.05) is 12.1 Å². The van der Waals surface area contributed by atoms with Gasteiger partial charge in [0.25, 0.3) is 0 Å². The summed E-state index contributed by atoms with van der Waals surface area (Å²) in [5.41, 5.74) is 2.77. The normalized spacial score (nSPS) is 10.7. The summed E-state index contributed by atoms with van der Waals surface area (Å²) in [6.07, 6.45) is 1.87. The number of hydrogen-bond acceptors (Lipinski definition) is 2. The number of nitrogens with one attached hydrogen (secondary N) is 1. The third-order valence-corrected chi connectivity index (χ3v) is 3.07. The maximum absolute atomic E-state index is 10.1. The number of H-pyrrole nitrogens is 1. The molecule has 0 aliphatic heterocycles. The van der Waals surface area contributed by atoms with E-state index in [9.17, 15) is 5.11 Å². The predicted octanol–water partition coefficient (Wildman–Crippen LogP) is 3.55. The Hall–Kier alpha value is -2.42. The fourth-order valence-electron chi connectivity index (χ4n) is 2.20. The molecule has 0 saturated heterocycles. The van der Waals surface area contributed by atoms with E-state index in [0.717, 1.165) is 27.8 Å². The standard InChI is InChI=1S/C15H13NO2/c1-18-11-4-2-3-10(9-11)15-12-7-8-16-13(12)5-6-14(15)17/h2-9,16-17H,1H3. The van der Waals surface area contributed by atoms with Gasteiger partial charge in [-0.05, 0) is 35.9 Å². The van der Waals surface area contributed by atoms with Gasteiger partial charge in [0, 0.05) is 22.7 Å². The molecule has 0 spiro atoms. The van der Waals surface area contributed by atoms with Crippen molar-refractivity contribution in [3.63, 3.8) is 0 Å². The van der Waals surface area contributed by atoms with Crippen LogP contribution in [0, 0.1) is 0 Å². The van der Waals surface area contributed by atoms with Crippen LogP contribution in [-0.4, -0.2) is 17.2 Å². The molecule has 3 rings (SSSR count). The molecule has 0 fully saturated rings. The van der Waals surface area contributed by atoms with Crippen LogP contribution in [0.3, 0.4) is 0 Å². The third kappa shape index (κ3) is 1.61. The minimum atomic E-state index is 0.273. The third-order valence-electron chi connectivity index (χ3n) is 3.07. The molecule has 3 heteroatoms. The van der Waals surface area contributed by atoms with E-state index in [1.54, 1.807) is 13.2 Å². The molecule has 0 radical (unpaired) electrons. The van der Waals surface area contributed by atoms with Crippen molar-refractivity contribution >= 4 is 10.9 Å². The number of phenols is 1. The first-order valence-corrected chi connectivity index (χ1v) is 5.73. The first-order chi connectivity index (χ1) is 8.79. The molecule has 3 nitrogen and oxygen atoms in total. The summed E-state index contributed by atoms with van der Waals surface area (Å²) >= 11 is 0. The van der Waals surface area contributed by atoms with Gasteiger partial charge in [-0.25, -0.2) is 0 Å². The summed E-state index contributed by atoms with van der Waals surface area (Å²) in [5.74, 6) is 1.05. The Balaban J connectivity index is 2.29. The molecule has 0 aliphatic carbocycles. The fraction of sp³-hybridized carbons (Fsp3) is 0.0667. The Morgan fingerprint density at radius 1 is 1.11 bits per heavy atom. The summed E-state index contributed by atoms with van der Waals surface area (Å²) in [5, 5.41) is 11.1. The zero-order valence-corrected chi connectivity index (χ0v) is 9.97. The Labute approximate surface area is 105 Å². The molecule has 1 heterocycles. The van der Waals surface area contributed by atoms with Gasteiger partial charge < -0.3 is 14.8 Å². The lowest BCUT2D eigenvalue weighted by Crippen LogP contribution is -1.85. The number of aromatic amines is 1. The van der Waals surface area contributed by atoms with Crippen molar-refractivity contribution in [2.24, 2.45) is 0 Å². The number of rotatable bonds is 2.